The fourth-order valence-corrected chi connectivity index (χ4v) is 4.89. The van der Waals surface area contributed by atoms with Gasteiger partial charge in [0.05, 0.1) is 11.9 Å². The van der Waals surface area contributed by atoms with Crippen LogP contribution in [0.2, 0.25) is 0 Å². The lowest BCUT2D eigenvalue weighted by atomic mass is 10.0. The number of amides is 1. The number of aromatic nitrogens is 2. The second kappa shape index (κ2) is 7.13. The van der Waals surface area contributed by atoms with E-state index in [0.29, 0.717) is 30.2 Å². The van der Waals surface area contributed by atoms with Crippen molar-refractivity contribution in [2.75, 3.05) is 26.9 Å². The molecule has 0 radical (unpaired) electrons. The highest BCUT2D eigenvalue weighted by Crippen LogP contribution is 2.34. The highest BCUT2D eigenvalue weighted by Gasteiger charge is 2.26. The predicted octanol–water partition coefficient (Wildman–Crippen LogP) is 2.92. The lowest BCUT2D eigenvalue weighted by Crippen LogP contribution is -2.33. The van der Waals surface area contributed by atoms with Gasteiger partial charge in [0.25, 0.3) is 5.91 Å². The monoisotopic (exact) mass is 416 g/mol. The zero-order valence-electron chi connectivity index (χ0n) is 17.5. The Hall–Kier alpha value is -3.32. The summed E-state index contributed by atoms with van der Waals surface area (Å²) in [6, 6.07) is 12.0. The molecule has 0 N–H and O–H groups in total. The average Bonchev–Trinajstić information content (AvgIpc) is 3.47. The van der Waals surface area contributed by atoms with E-state index in [1.54, 1.807) is 6.07 Å². The van der Waals surface area contributed by atoms with Crippen LogP contribution in [-0.2, 0) is 26.1 Å². The third-order valence-corrected chi connectivity index (χ3v) is 6.46. The number of rotatable bonds is 2. The predicted molar refractivity (Wildman–Crippen MR) is 115 cm³/mol. The molecule has 2 aromatic carbocycles. The Balaban J connectivity index is 1.26. The van der Waals surface area contributed by atoms with Crippen molar-refractivity contribution in [3.63, 3.8) is 0 Å². The Labute approximate surface area is 180 Å². The number of fused-ring (bicyclic) bond motifs is 3. The number of carbonyl (C=O) groups excluding carboxylic acids is 1. The number of hydrogen-bond acceptors (Lipinski definition) is 5. The molecule has 0 saturated heterocycles. The minimum Gasteiger partial charge on any atom is -0.454 e. The first-order chi connectivity index (χ1) is 15.2. The van der Waals surface area contributed by atoms with Crippen molar-refractivity contribution in [1.29, 1.82) is 0 Å². The van der Waals surface area contributed by atoms with Gasteiger partial charge in [-0.2, -0.15) is 0 Å². The Bertz CT molecular complexity index is 1190. The zero-order valence-corrected chi connectivity index (χ0v) is 17.5. The molecule has 3 aliphatic heterocycles. The number of hydrogen-bond donors (Lipinski definition) is 0. The fraction of sp³-hybridized carbons (Fsp3) is 0.333. The number of carbonyl (C=O) groups is 1. The molecule has 0 unspecified atom stereocenters. The second-order valence-corrected chi connectivity index (χ2v) is 8.44. The van der Waals surface area contributed by atoms with Gasteiger partial charge in [-0.05, 0) is 36.4 Å². The van der Waals surface area contributed by atoms with Crippen molar-refractivity contribution >= 4 is 5.91 Å². The molecule has 7 nitrogen and oxygen atoms in total. The second-order valence-electron chi connectivity index (χ2n) is 8.44. The van der Waals surface area contributed by atoms with Gasteiger partial charge < -0.3 is 18.9 Å². The number of benzene rings is 2. The SMILES string of the molecule is CN1Cc2cccc(-c3cnc4n3CCN(C(=O)c3ccc5c(c3)OCO5)CC4)c2C1. The number of nitrogens with zero attached hydrogens (tertiary/aromatic N) is 4. The molecule has 31 heavy (non-hydrogen) atoms. The van der Waals surface area contributed by atoms with E-state index in [1.165, 1.54) is 16.7 Å². The van der Waals surface area contributed by atoms with Gasteiger partial charge in [-0.1, -0.05) is 18.2 Å². The lowest BCUT2D eigenvalue weighted by Gasteiger charge is -2.20. The largest absolute Gasteiger partial charge is 0.454 e. The van der Waals surface area contributed by atoms with E-state index < -0.39 is 0 Å². The van der Waals surface area contributed by atoms with Crippen LogP contribution >= 0.6 is 0 Å². The van der Waals surface area contributed by atoms with Gasteiger partial charge in [0.1, 0.15) is 5.82 Å². The summed E-state index contributed by atoms with van der Waals surface area (Å²) in [6.45, 7) is 4.20. The summed E-state index contributed by atoms with van der Waals surface area (Å²) in [6.07, 6.45) is 2.74. The minimum atomic E-state index is 0.0211. The van der Waals surface area contributed by atoms with Crippen LogP contribution in [-0.4, -0.2) is 52.2 Å². The van der Waals surface area contributed by atoms with Crippen LogP contribution in [0.3, 0.4) is 0 Å². The van der Waals surface area contributed by atoms with Crippen molar-refractivity contribution in [2.45, 2.75) is 26.1 Å². The maximum absolute atomic E-state index is 13.2. The van der Waals surface area contributed by atoms with E-state index in [4.69, 9.17) is 14.5 Å². The van der Waals surface area contributed by atoms with Gasteiger partial charge in [-0.3, -0.25) is 9.69 Å². The van der Waals surface area contributed by atoms with Gasteiger partial charge >= 0.3 is 0 Å². The first-order valence-electron chi connectivity index (χ1n) is 10.7. The average molecular weight is 416 g/mol. The topological polar surface area (TPSA) is 59.8 Å². The first-order valence-corrected chi connectivity index (χ1v) is 10.7. The maximum atomic E-state index is 13.2. The normalized spacial score (nSPS) is 17.4. The molecule has 3 aliphatic rings. The van der Waals surface area contributed by atoms with Crippen molar-refractivity contribution in [1.82, 2.24) is 19.4 Å². The van der Waals surface area contributed by atoms with Gasteiger partial charge in [0.2, 0.25) is 6.79 Å². The van der Waals surface area contributed by atoms with Crippen LogP contribution < -0.4 is 9.47 Å². The molecule has 0 aliphatic carbocycles. The van der Waals surface area contributed by atoms with E-state index in [1.807, 2.05) is 23.2 Å². The molecule has 0 fully saturated rings. The summed E-state index contributed by atoms with van der Waals surface area (Å²) in [5.74, 6) is 2.39. The fourth-order valence-electron chi connectivity index (χ4n) is 4.89. The van der Waals surface area contributed by atoms with E-state index in [-0.39, 0.29) is 12.7 Å². The summed E-state index contributed by atoms with van der Waals surface area (Å²) in [7, 11) is 2.15. The Morgan fingerprint density at radius 2 is 1.94 bits per heavy atom. The summed E-state index contributed by atoms with van der Waals surface area (Å²) in [5.41, 5.74) is 5.83. The van der Waals surface area contributed by atoms with Gasteiger partial charge in [-0.25, -0.2) is 4.98 Å². The number of imidazole rings is 1. The van der Waals surface area contributed by atoms with Crippen LogP contribution in [0.25, 0.3) is 11.3 Å². The molecule has 0 atom stereocenters. The third kappa shape index (κ3) is 3.08. The van der Waals surface area contributed by atoms with Crippen LogP contribution in [0.5, 0.6) is 11.5 Å². The van der Waals surface area contributed by atoms with Crippen molar-refractivity contribution < 1.29 is 14.3 Å². The van der Waals surface area contributed by atoms with Crippen molar-refractivity contribution in [3.05, 3.63) is 65.1 Å². The molecule has 0 bridgehead atoms. The van der Waals surface area contributed by atoms with Crippen molar-refractivity contribution in [3.8, 4) is 22.8 Å². The molecule has 0 spiro atoms. The molecule has 1 amide bonds. The highest BCUT2D eigenvalue weighted by molar-refractivity contribution is 5.95. The van der Waals surface area contributed by atoms with Gasteiger partial charge in [-0.15, -0.1) is 0 Å². The van der Waals surface area contributed by atoms with Crippen LogP contribution in [0.4, 0.5) is 0 Å². The smallest absolute Gasteiger partial charge is 0.254 e. The highest BCUT2D eigenvalue weighted by atomic mass is 16.7. The molecule has 0 saturated carbocycles. The zero-order chi connectivity index (χ0) is 20.9. The van der Waals surface area contributed by atoms with E-state index in [2.05, 4.69) is 34.7 Å². The van der Waals surface area contributed by atoms with Crippen molar-refractivity contribution in [2.24, 2.45) is 0 Å². The van der Waals surface area contributed by atoms with Gasteiger partial charge in [0.15, 0.2) is 11.5 Å². The molecule has 7 heteroatoms. The molecular weight excluding hydrogens is 392 g/mol. The summed E-state index contributed by atoms with van der Waals surface area (Å²) >= 11 is 0. The Kier molecular flexibility index (Phi) is 4.24. The minimum absolute atomic E-state index is 0.0211. The van der Waals surface area contributed by atoms with E-state index >= 15 is 0 Å². The number of ether oxygens (including phenoxy) is 2. The van der Waals surface area contributed by atoms with E-state index in [0.717, 1.165) is 37.6 Å². The van der Waals surface area contributed by atoms with Gasteiger partial charge in [0, 0.05) is 50.3 Å². The maximum Gasteiger partial charge on any atom is 0.254 e. The quantitative estimate of drug-likeness (QED) is 0.643. The lowest BCUT2D eigenvalue weighted by molar-refractivity contribution is 0.0758. The summed E-state index contributed by atoms with van der Waals surface area (Å²) in [4.78, 5) is 22.1. The Morgan fingerprint density at radius 3 is 2.87 bits per heavy atom. The Morgan fingerprint density at radius 1 is 1.03 bits per heavy atom. The summed E-state index contributed by atoms with van der Waals surface area (Å²) < 4.78 is 13.1. The van der Waals surface area contributed by atoms with Crippen LogP contribution in [0.1, 0.15) is 27.3 Å². The van der Waals surface area contributed by atoms with E-state index in [9.17, 15) is 4.79 Å². The molecule has 4 heterocycles. The molecular formula is C24H24N4O3. The summed E-state index contributed by atoms with van der Waals surface area (Å²) in [5, 5.41) is 0. The van der Waals surface area contributed by atoms with Crippen LogP contribution in [0.15, 0.2) is 42.6 Å². The molecule has 158 valence electrons. The standard InChI is InChI=1S/C24H24N4O3/c1-26-13-17-3-2-4-18(19(17)14-26)20-12-25-23-7-8-27(9-10-28(20)23)24(29)16-5-6-21-22(11-16)31-15-30-21/h2-6,11-12H,7-10,13-15H2,1H3. The first kappa shape index (κ1) is 18.4. The molecule has 1 aromatic heterocycles. The molecule has 3 aromatic rings. The van der Waals surface area contributed by atoms with Crippen LogP contribution in [0, 0.1) is 0 Å². The molecule has 6 rings (SSSR count). The third-order valence-electron chi connectivity index (χ3n) is 6.46.